The molecule has 6 heteroatoms. The van der Waals surface area contributed by atoms with Gasteiger partial charge in [0, 0.05) is 39.3 Å². The first-order valence-corrected chi connectivity index (χ1v) is 7.75. The van der Waals surface area contributed by atoms with Crippen LogP contribution in [-0.4, -0.2) is 92.2 Å². The van der Waals surface area contributed by atoms with Crippen molar-refractivity contribution in [2.75, 3.05) is 65.6 Å². The first-order valence-electron chi connectivity index (χ1n) is 7.75. The molecule has 0 saturated carbocycles. The Balaban J connectivity index is 1.75. The van der Waals surface area contributed by atoms with E-state index in [1.165, 1.54) is 0 Å². The molecule has 0 aliphatic carbocycles. The molecule has 2 fully saturated rings. The molecular weight excluding hydrogens is 256 g/mol. The minimum atomic E-state index is -0.00948. The monoisotopic (exact) mass is 284 g/mol. The predicted octanol–water partition coefficient (Wildman–Crippen LogP) is -0.800. The lowest BCUT2D eigenvalue weighted by molar-refractivity contribution is -0.141. The Labute approximate surface area is 121 Å². The van der Waals surface area contributed by atoms with Crippen molar-refractivity contribution in [2.45, 2.75) is 19.4 Å². The fraction of sp³-hybridized carbons (Fsp3) is 0.929. The minimum absolute atomic E-state index is 0.00948. The van der Waals surface area contributed by atoms with E-state index in [0.29, 0.717) is 13.2 Å². The Hall–Kier alpha value is -0.690. The van der Waals surface area contributed by atoms with Crippen molar-refractivity contribution >= 4 is 5.91 Å². The summed E-state index contributed by atoms with van der Waals surface area (Å²) in [6.07, 6.45) is 1.06. The third-order valence-corrected chi connectivity index (χ3v) is 4.31. The zero-order valence-corrected chi connectivity index (χ0v) is 12.6. The van der Waals surface area contributed by atoms with Crippen LogP contribution in [0.2, 0.25) is 0 Å². The Morgan fingerprint density at radius 2 is 1.80 bits per heavy atom. The average Bonchev–Trinajstić information content (AvgIpc) is 2.53. The van der Waals surface area contributed by atoms with Crippen molar-refractivity contribution in [3.05, 3.63) is 0 Å². The molecule has 0 spiro atoms. The molecule has 0 aromatic carbocycles. The van der Waals surface area contributed by atoms with Gasteiger partial charge in [-0.2, -0.15) is 0 Å². The summed E-state index contributed by atoms with van der Waals surface area (Å²) in [7, 11) is 0. The van der Waals surface area contributed by atoms with Gasteiger partial charge in [-0.1, -0.05) is 0 Å². The second-order valence-electron chi connectivity index (χ2n) is 5.63. The molecule has 2 aliphatic rings. The fourth-order valence-electron chi connectivity index (χ4n) is 2.89. The first-order chi connectivity index (χ1) is 9.72. The van der Waals surface area contributed by atoms with Gasteiger partial charge in [-0.15, -0.1) is 0 Å². The van der Waals surface area contributed by atoms with E-state index in [-0.39, 0.29) is 11.9 Å². The van der Waals surface area contributed by atoms with E-state index in [2.05, 4.69) is 9.80 Å². The van der Waals surface area contributed by atoms with Crippen LogP contribution in [0.5, 0.6) is 0 Å². The van der Waals surface area contributed by atoms with Gasteiger partial charge < -0.3 is 20.3 Å². The Morgan fingerprint density at radius 3 is 2.40 bits per heavy atom. The van der Waals surface area contributed by atoms with Gasteiger partial charge in [0.1, 0.15) is 0 Å². The summed E-state index contributed by atoms with van der Waals surface area (Å²) in [6.45, 7) is 10.7. The quantitative estimate of drug-likeness (QED) is 0.716. The van der Waals surface area contributed by atoms with E-state index < -0.39 is 0 Å². The van der Waals surface area contributed by atoms with Gasteiger partial charge >= 0.3 is 0 Å². The molecule has 116 valence electrons. The van der Waals surface area contributed by atoms with Crippen LogP contribution in [0.1, 0.15) is 13.3 Å². The summed E-state index contributed by atoms with van der Waals surface area (Å²) < 4.78 is 5.30. The number of morpholine rings is 1. The molecular formula is C14H28N4O2. The number of nitrogens with two attached hydrogens (primary N) is 1. The minimum Gasteiger partial charge on any atom is -0.378 e. The van der Waals surface area contributed by atoms with E-state index in [0.717, 1.165) is 58.8 Å². The summed E-state index contributed by atoms with van der Waals surface area (Å²) in [6, 6.07) is -0.00948. The van der Waals surface area contributed by atoms with Gasteiger partial charge in [0.05, 0.1) is 19.3 Å². The molecule has 2 aliphatic heterocycles. The van der Waals surface area contributed by atoms with Crippen molar-refractivity contribution in [1.29, 1.82) is 0 Å². The Bertz CT molecular complexity index is 300. The van der Waals surface area contributed by atoms with E-state index in [1.54, 1.807) is 0 Å². The molecule has 6 nitrogen and oxygen atoms in total. The van der Waals surface area contributed by atoms with Crippen LogP contribution in [0, 0.1) is 0 Å². The van der Waals surface area contributed by atoms with Gasteiger partial charge in [0.15, 0.2) is 0 Å². The number of nitrogens with zero attached hydrogens (tertiary/aromatic N) is 3. The molecule has 2 saturated heterocycles. The number of carbonyl (C=O) groups is 1. The molecule has 1 atom stereocenters. The zero-order chi connectivity index (χ0) is 14.4. The lowest BCUT2D eigenvalue weighted by Gasteiger charge is -2.39. The van der Waals surface area contributed by atoms with Gasteiger partial charge in [0.25, 0.3) is 0 Å². The highest BCUT2D eigenvalue weighted by Gasteiger charge is 2.29. The van der Waals surface area contributed by atoms with Gasteiger partial charge in [-0.25, -0.2) is 0 Å². The number of piperazine rings is 1. The highest BCUT2D eigenvalue weighted by atomic mass is 16.5. The molecule has 1 unspecified atom stereocenters. The van der Waals surface area contributed by atoms with Crippen molar-refractivity contribution < 1.29 is 9.53 Å². The largest absolute Gasteiger partial charge is 0.378 e. The molecule has 2 rings (SSSR count). The number of amides is 1. The third kappa shape index (κ3) is 4.15. The lowest BCUT2D eigenvalue weighted by atomic mass is 10.2. The normalized spacial score (nSPS) is 23.8. The number of ether oxygens (including phenoxy) is 1. The van der Waals surface area contributed by atoms with Gasteiger partial charge in [-0.3, -0.25) is 9.69 Å². The molecule has 2 heterocycles. The third-order valence-electron chi connectivity index (χ3n) is 4.31. The van der Waals surface area contributed by atoms with Crippen molar-refractivity contribution in [2.24, 2.45) is 5.73 Å². The summed E-state index contributed by atoms with van der Waals surface area (Å²) >= 11 is 0. The fourth-order valence-corrected chi connectivity index (χ4v) is 2.89. The highest BCUT2D eigenvalue weighted by Crippen LogP contribution is 2.10. The van der Waals surface area contributed by atoms with Crippen molar-refractivity contribution in [3.8, 4) is 0 Å². The van der Waals surface area contributed by atoms with Gasteiger partial charge in [0.2, 0.25) is 5.91 Å². The van der Waals surface area contributed by atoms with E-state index in [9.17, 15) is 4.79 Å². The molecule has 20 heavy (non-hydrogen) atoms. The van der Waals surface area contributed by atoms with Crippen LogP contribution in [0.4, 0.5) is 0 Å². The zero-order valence-electron chi connectivity index (χ0n) is 12.6. The maximum atomic E-state index is 12.4. The van der Waals surface area contributed by atoms with Crippen LogP contribution in [0.25, 0.3) is 0 Å². The SMILES string of the molecule is CC(C(=O)N1CCOCC1)N1CCN(CCCN)CC1. The standard InChI is InChI=1S/C14H28N4O2/c1-13(14(19)18-9-11-20-12-10-18)17-7-5-16(6-8-17)4-2-3-15/h13H,2-12,15H2,1H3. The topological polar surface area (TPSA) is 62.0 Å². The summed E-state index contributed by atoms with van der Waals surface area (Å²) in [5, 5.41) is 0. The molecule has 0 aromatic rings. The van der Waals surface area contributed by atoms with Crippen molar-refractivity contribution in [3.63, 3.8) is 0 Å². The van der Waals surface area contributed by atoms with Crippen molar-refractivity contribution in [1.82, 2.24) is 14.7 Å². The van der Waals surface area contributed by atoms with E-state index in [1.807, 2.05) is 11.8 Å². The smallest absolute Gasteiger partial charge is 0.239 e. The number of carbonyl (C=O) groups excluding carboxylic acids is 1. The predicted molar refractivity (Wildman–Crippen MR) is 78.5 cm³/mol. The van der Waals surface area contributed by atoms with Crippen LogP contribution < -0.4 is 5.73 Å². The van der Waals surface area contributed by atoms with Crippen LogP contribution in [-0.2, 0) is 9.53 Å². The molecule has 2 N–H and O–H groups in total. The maximum absolute atomic E-state index is 12.4. The molecule has 0 aromatic heterocycles. The number of hydrogen-bond acceptors (Lipinski definition) is 5. The lowest BCUT2D eigenvalue weighted by Crippen LogP contribution is -2.56. The first kappa shape index (κ1) is 15.7. The molecule has 0 radical (unpaired) electrons. The number of rotatable bonds is 5. The van der Waals surface area contributed by atoms with Crippen LogP contribution in [0.15, 0.2) is 0 Å². The second-order valence-corrected chi connectivity index (χ2v) is 5.63. The number of hydrogen-bond donors (Lipinski definition) is 1. The average molecular weight is 284 g/mol. The van der Waals surface area contributed by atoms with Crippen LogP contribution >= 0.6 is 0 Å². The Kier molecular flexibility index (Phi) is 6.22. The maximum Gasteiger partial charge on any atom is 0.239 e. The second kappa shape index (κ2) is 7.93. The molecule has 0 bridgehead atoms. The van der Waals surface area contributed by atoms with Crippen LogP contribution in [0.3, 0.4) is 0 Å². The highest BCUT2D eigenvalue weighted by molar-refractivity contribution is 5.81. The summed E-state index contributed by atoms with van der Waals surface area (Å²) in [5.74, 6) is 0.253. The Morgan fingerprint density at radius 1 is 1.15 bits per heavy atom. The van der Waals surface area contributed by atoms with Gasteiger partial charge in [-0.05, 0) is 26.4 Å². The molecule has 1 amide bonds. The summed E-state index contributed by atoms with van der Waals surface area (Å²) in [5.41, 5.74) is 5.55. The van der Waals surface area contributed by atoms with E-state index in [4.69, 9.17) is 10.5 Å². The summed E-state index contributed by atoms with van der Waals surface area (Å²) in [4.78, 5) is 19.1. The van der Waals surface area contributed by atoms with E-state index >= 15 is 0 Å².